The lowest BCUT2D eigenvalue weighted by molar-refractivity contribution is -0.137. The second-order valence-electron chi connectivity index (χ2n) is 5.32. The first-order chi connectivity index (χ1) is 12.7. The Balaban J connectivity index is 2.20. The highest BCUT2D eigenvalue weighted by Crippen LogP contribution is 2.30. The molecule has 138 valence electrons. The monoisotopic (exact) mass is 374 g/mol. The van der Waals surface area contributed by atoms with E-state index in [0.717, 1.165) is 18.2 Å². The molecule has 1 amide bonds. The standard InChI is InChI=1S/C19H13F3N2O3/c1-27-18(26)13-7-5-12(6-8-13)9-14(11-23)17(25)24-16-4-2-3-15(10-16)19(20,21)22/h2-10H,1H3,(H,24,25)/b14-9+. The molecule has 27 heavy (non-hydrogen) atoms. The first-order valence-corrected chi connectivity index (χ1v) is 7.53. The van der Waals surface area contributed by atoms with Crippen LogP contribution in [0, 0.1) is 11.3 Å². The number of carbonyl (C=O) groups is 2. The maximum Gasteiger partial charge on any atom is 0.416 e. The van der Waals surface area contributed by atoms with Gasteiger partial charge in [-0.25, -0.2) is 4.79 Å². The summed E-state index contributed by atoms with van der Waals surface area (Å²) in [6.45, 7) is 0. The van der Waals surface area contributed by atoms with Crippen molar-refractivity contribution in [1.29, 1.82) is 5.26 Å². The quantitative estimate of drug-likeness (QED) is 0.498. The van der Waals surface area contributed by atoms with Crippen molar-refractivity contribution in [2.75, 3.05) is 12.4 Å². The van der Waals surface area contributed by atoms with E-state index in [1.165, 1.54) is 43.5 Å². The maximum atomic E-state index is 12.7. The number of carbonyl (C=O) groups excluding carboxylic acids is 2. The predicted molar refractivity (Wildman–Crippen MR) is 91.4 cm³/mol. The van der Waals surface area contributed by atoms with Crippen molar-refractivity contribution in [1.82, 2.24) is 0 Å². The Morgan fingerprint density at radius 2 is 1.81 bits per heavy atom. The molecule has 5 nitrogen and oxygen atoms in total. The fourth-order valence-corrected chi connectivity index (χ4v) is 2.12. The number of amides is 1. The van der Waals surface area contributed by atoms with E-state index in [0.29, 0.717) is 11.1 Å². The summed E-state index contributed by atoms with van der Waals surface area (Å²) in [5, 5.41) is 11.4. The summed E-state index contributed by atoms with van der Waals surface area (Å²) in [6, 6.07) is 11.7. The summed E-state index contributed by atoms with van der Waals surface area (Å²) in [4.78, 5) is 23.6. The lowest BCUT2D eigenvalue weighted by Crippen LogP contribution is -2.14. The Labute approximate surface area is 152 Å². The Hall–Kier alpha value is -3.60. The summed E-state index contributed by atoms with van der Waals surface area (Å²) < 4.78 is 42.7. The number of ether oxygens (including phenoxy) is 1. The number of alkyl halides is 3. The number of rotatable bonds is 4. The molecule has 0 fully saturated rings. The van der Waals surface area contributed by atoms with Crippen molar-refractivity contribution in [2.24, 2.45) is 0 Å². The Kier molecular flexibility index (Phi) is 5.98. The smallest absolute Gasteiger partial charge is 0.416 e. The number of nitrogens with one attached hydrogen (secondary N) is 1. The lowest BCUT2D eigenvalue weighted by Gasteiger charge is -2.09. The van der Waals surface area contributed by atoms with E-state index in [-0.39, 0.29) is 11.3 Å². The molecule has 1 N–H and O–H groups in total. The van der Waals surface area contributed by atoms with Gasteiger partial charge in [0, 0.05) is 5.69 Å². The van der Waals surface area contributed by atoms with Gasteiger partial charge >= 0.3 is 12.1 Å². The van der Waals surface area contributed by atoms with Crippen molar-refractivity contribution >= 4 is 23.6 Å². The van der Waals surface area contributed by atoms with E-state index >= 15 is 0 Å². The molecule has 0 spiro atoms. The number of nitriles is 1. The highest BCUT2D eigenvalue weighted by Gasteiger charge is 2.30. The number of benzene rings is 2. The van der Waals surface area contributed by atoms with Gasteiger partial charge in [0.1, 0.15) is 11.6 Å². The molecule has 0 aliphatic rings. The zero-order valence-corrected chi connectivity index (χ0v) is 14.0. The van der Waals surface area contributed by atoms with E-state index in [2.05, 4.69) is 10.1 Å². The van der Waals surface area contributed by atoms with E-state index < -0.39 is 23.6 Å². The van der Waals surface area contributed by atoms with Crippen LogP contribution in [0.25, 0.3) is 6.08 Å². The van der Waals surface area contributed by atoms with Crippen LogP contribution < -0.4 is 5.32 Å². The second kappa shape index (κ2) is 8.19. The van der Waals surface area contributed by atoms with Crippen LogP contribution >= 0.6 is 0 Å². The third kappa shape index (κ3) is 5.19. The number of hydrogen-bond donors (Lipinski definition) is 1. The number of halogens is 3. The first kappa shape index (κ1) is 19.7. The van der Waals surface area contributed by atoms with E-state index in [1.807, 2.05) is 0 Å². The number of methoxy groups -OCH3 is 1. The van der Waals surface area contributed by atoms with Gasteiger partial charge in [0.25, 0.3) is 5.91 Å². The molecule has 0 aliphatic heterocycles. The van der Waals surface area contributed by atoms with Crippen molar-refractivity contribution in [3.8, 4) is 6.07 Å². The van der Waals surface area contributed by atoms with Crippen molar-refractivity contribution < 1.29 is 27.5 Å². The van der Waals surface area contributed by atoms with Crippen molar-refractivity contribution in [3.63, 3.8) is 0 Å². The number of esters is 1. The van der Waals surface area contributed by atoms with E-state index in [4.69, 9.17) is 5.26 Å². The third-order valence-corrected chi connectivity index (χ3v) is 3.46. The van der Waals surface area contributed by atoms with Gasteiger partial charge in [0.05, 0.1) is 18.2 Å². The minimum Gasteiger partial charge on any atom is -0.465 e. The molecule has 0 saturated carbocycles. The number of nitrogens with zero attached hydrogens (tertiary/aromatic N) is 1. The summed E-state index contributed by atoms with van der Waals surface area (Å²) in [5.74, 6) is -1.39. The van der Waals surface area contributed by atoms with Crippen molar-refractivity contribution in [3.05, 3.63) is 70.8 Å². The predicted octanol–water partition coefficient (Wildman–Crippen LogP) is 4.04. The molecular weight excluding hydrogens is 361 g/mol. The van der Waals surface area contributed by atoms with Crippen LogP contribution in [0.4, 0.5) is 18.9 Å². The van der Waals surface area contributed by atoms with Crippen molar-refractivity contribution in [2.45, 2.75) is 6.18 Å². The zero-order valence-electron chi connectivity index (χ0n) is 14.0. The first-order valence-electron chi connectivity index (χ1n) is 7.53. The maximum absolute atomic E-state index is 12.7. The molecule has 0 radical (unpaired) electrons. The van der Waals surface area contributed by atoms with Gasteiger partial charge in [-0.2, -0.15) is 18.4 Å². The van der Waals surface area contributed by atoms with Crippen LogP contribution in [0.3, 0.4) is 0 Å². The fraction of sp³-hybridized carbons (Fsp3) is 0.105. The molecule has 2 aromatic carbocycles. The van der Waals surface area contributed by atoms with Crippen LogP contribution in [-0.2, 0) is 15.7 Å². The Morgan fingerprint density at radius 1 is 1.15 bits per heavy atom. The van der Waals surface area contributed by atoms with Crippen LogP contribution in [0.15, 0.2) is 54.1 Å². The lowest BCUT2D eigenvalue weighted by atomic mass is 10.1. The summed E-state index contributed by atoms with van der Waals surface area (Å²) in [7, 11) is 1.24. The van der Waals surface area contributed by atoms with Crippen LogP contribution in [0.5, 0.6) is 0 Å². The average Bonchev–Trinajstić information content (AvgIpc) is 2.65. The van der Waals surface area contributed by atoms with Gasteiger partial charge in [0.2, 0.25) is 0 Å². The molecule has 0 bridgehead atoms. The minimum absolute atomic E-state index is 0.0861. The molecule has 0 saturated heterocycles. The number of hydrogen-bond acceptors (Lipinski definition) is 4. The van der Waals surface area contributed by atoms with Gasteiger partial charge in [-0.1, -0.05) is 18.2 Å². The van der Waals surface area contributed by atoms with Crippen LogP contribution in [0.2, 0.25) is 0 Å². The van der Waals surface area contributed by atoms with Gasteiger partial charge in [-0.05, 0) is 42.0 Å². The van der Waals surface area contributed by atoms with E-state index in [1.54, 1.807) is 6.07 Å². The molecule has 0 atom stereocenters. The molecule has 0 aromatic heterocycles. The largest absolute Gasteiger partial charge is 0.465 e. The fourth-order valence-electron chi connectivity index (χ4n) is 2.12. The van der Waals surface area contributed by atoms with Gasteiger partial charge in [0.15, 0.2) is 0 Å². The third-order valence-electron chi connectivity index (χ3n) is 3.46. The molecule has 8 heteroatoms. The van der Waals surface area contributed by atoms with Gasteiger partial charge in [-0.3, -0.25) is 4.79 Å². The summed E-state index contributed by atoms with van der Waals surface area (Å²) >= 11 is 0. The Morgan fingerprint density at radius 3 is 2.37 bits per heavy atom. The highest BCUT2D eigenvalue weighted by atomic mass is 19.4. The Bertz CT molecular complexity index is 926. The summed E-state index contributed by atoms with van der Waals surface area (Å²) in [5.41, 5.74) is -0.559. The average molecular weight is 374 g/mol. The van der Waals surface area contributed by atoms with Crippen LogP contribution in [-0.4, -0.2) is 19.0 Å². The molecule has 2 aromatic rings. The SMILES string of the molecule is COC(=O)c1ccc(/C=C(\C#N)C(=O)Nc2cccc(C(F)(F)F)c2)cc1. The number of anilines is 1. The summed E-state index contributed by atoms with van der Waals surface area (Å²) in [6.07, 6.45) is -3.29. The van der Waals surface area contributed by atoms with Gasteiger partial charge < -0.3 is 10.1 Å². The highest BCUT2D eigenvalue weighted by molar-refractivity contribution is 6.09. The molecule has 0 aliphatic carbocycles. The molecule has 2 rings (SSSR count). The molecule has 0 heterocycles. The minimum atomic E-state index is -4.55. The van der Waals surface area contributed by atoms with Crippen LogP contribution in [0.1, 0.15) is 21.5 Å². The van der Waals surface area contributed by atoms with E-state index in [9.17, 15) is 22.8 Å². The second-order valence-corrected chi connectivity index (χ2v) is 5.32. The van der Waals surface area contributed by atoms with Gasteiger partial charge in [-0.15, -0.1) is 0 Å². The zero-order chi connectivity index (χ0) is 20.0. The topological polar surface area (TPSA) is 79.2 Å². The molecule has 0 unspecified atom stereocenters. The normalized spacial score (nSPS) is 11.4. The molecular formula is C19H13F3N2O3.